The van der Waals surface area contributed by atoms with Crippen molar-refractivity contribution in [2.24, 2.45) is 0 Å². The van der Waals surface area contributed by atoms with Gasteiger partial charge in [0.15, 0.2) is 0 Å². The SMILES string of the molecule is C#Cc1cc(C#C)cc(C(=O)C(=O)c2ccccc2)c1. The zero-order valence-electron chi connectivity index (χ0n) is 10.6. The van der Waals surface area contributed by atoms with E-state index in [2.05, 4.69) is 11.8 Å². The molecular weight excluding hydrogens is 248 g/mol. The van der Waals surface area contributed by atoms with E-state index < -0.39 is 11.6 Å². The highest BCUT2D eigenvalue weighted by Crippen LogP contribution is 2.13. The summed E-state index contributed by atoms with van der Waals surface area (Å²) in [6.45, 7) is 0. The molecule has 2 rings (SSSR count). The maximum Gasteiger partial charge on any atom is 0.233 e. The molecule has 0 aliphatic rings. The highest BCUT2D eigenvalue weighted by atomic mass is 16.2. The summed E-state index contributed by atoms with van der Waals surface area (Å²) in [5.41, 5.74) is 1.50. The van der Waals surface area contributed by atoms with Crippen LogP contribution in [0.2, 0.25) is 0 Å². The van der Waals surface area contributed by atoms with Crippen LogP contribution in [0.25, 0.3) is 0 Å². The zero-order chi connectivity index (χ0) is 14.5. The lowest BCUT2D eigenvalue weighted by molar-refractivity contribution is 0.0817. The van der Waals surface area contributed by atoms with E-state index in [1.165, 1.54) is 12.1 Å². The maximum atomic E-state index is 12.2. The van der Waals surface area contributed by atoms with Gasteiger partial charge in [0.05, 0.1) is 0 Å². The Bertz CT molecular complexity index is 724. The lowest BCUT2D eigenvalue weighted by Crippen LogP contribution is -2.14. The molecule has 94 valence electrons. The van der Waals surface area contributed by atoms with Gasteiger partial charge >= 0.3 is 0 Å². The van der Waals surface area contributed by atoms with Crippen LogP contribution < -0.4 is 0 Å². The van der Waals surface area contributed by atoms with E-state index >= 15 is 0 Å². The Morgan fingerprint density at radius 1 is 0.750 bits per heavy atom. The molecule has 0 bridgehead atoms. The first-order valence-electron chi connectivity index (χ1n) is 5.88. The van der Waals surface area contributed by atoms with E-state index in [0.717, 1.165) is 0 Å². The van der Waals surface area contributed by atoms with Gasteiger partial charge in [-0.3, -0.25) is 9.59 Å². The Morgan fingerprint density at radius 2 is 1.25 bits per heavy atom. The van der Waals surface area contributed by atoms with Crippen LogP contribution in [0.5, 0.6) is 0 Å². The highest BCUT2D eigenvalue weighted by molar-refractivity contribution is 6.49. The summed E-state index contributed by atoms with van der Waals surface area (Å²) in [6.07, 6.45) is 10.6. The molecule has 2 aromatic rings. The summed E-state index contributed by atoms with van der Waals surface area (Å²) in [6, 6.07) is 13.0. The largest absolute Gasteiger partial charge is 0.285 e. The molecule has 0 fully saturated rings. The van der Waals surface area contributed by atoms with Gasteiger partial charge in [-0.05, 0) is 18.2 Å². The number of Topliss-reactive ketones (excluding diaryl/α,β-unsaturated/α-hetero) is 2. The normalized spacial score (nSPS) is 9.30. The lowest BCUT2D eigenvalue weighted by atomic mass is 9.98. The highest BCUT2D eigenvalue weighted by Gasteiger charge is 2.18. The minimum atomic E-state index is -0.621. The summed E-state index contributed by atoms with van der Waals surface area (Å²) >= 11 is 0. The fourth-order valence-corrected chi connectivity index (χ4v) is 1.78. The Hall–Kier alpha value is -3.10. The molecule has 0 heterocycles. The molecule has 0 aliphatic heterocycles. The molecular formula is C18H10O2. The molecule has 2 nitrogen and oxygen atoms in total. The third-order valence-corrected chi connectivity index (χ3v) is 2.77. The average molecular weight is 258 g/mol. The van der Waals surface area contributed by atoms with Gasteiger partial charge in [0.1, 0.15) is 0 Å². The molecule has 0 saturated heterocycles. The van der Waals surface area contributed by atoms with Crippen molar-refractivity contribution in [2.45, 2.75) is 0 Å². The predicted octanol–water partition coefficient (Wildman–Crippen LogP) is 2.71. The Morgan fingerprint density at radius 3 is 1.75 bits per heavy atom. The first-order valence-corrected chi connectivity index (χ1v) is 5.88. The molecule has 0 spiro atoms. The first-order chi connectivity index (χ1) is 9.65. The van der Waals surface area contributed by atoms with E-state index in [9.17, 15) is 9.59 Å². The van der Waals surface area contributed by atoms with Crippen molar-refractivity contribution in [3.05, 3.63) is 70.8 Å². The van der Waals surface area contributed by atoms with E-state index in [4.69, 9.17) is 12.8 Å². The predicted molar refractivity (Wildman–Crippen MR) is 77.4 cm³/mol. The number of carbonyl (C=O) groups excluding carboxylic acids is 2. The van der Waals surface area contributed by atoms with Crippen molar-refractivity contribution < 1.29 is 9.59 Å². The van der Waals surface area contributed by atoms with Gasteiger partial charge in [0, 0.05) is 22.3 Å². The van der Waals surface area contributed by atoms with Crippen molar-refractivity contribution in [1.29, 1.82) is 0 Å². The fourth-order valence-electron chi connectivity index (χ4n) is 1.78. The molecule has 0 atom stereocenters. The minimum Gasteiger partial charge on any atom is -0.285 e. The Kier molecular flexibility index (Phi) is 3.80. The van der Waals surface area contributed by atoms with Crippen LogP contribution in [0.15, 0.2) is 48.5 Å². The molecule has 0 radical (unpaired) electrons. The van der Waals surface area contributed by atoms with Crippen molar-refractivity contribution in [3.8, 4) is 24.7 Å². The lowest BCUT2D eigenvalue weighted by Gasteiger charge is -2.03. The summed E-state index contributed by atoms with van der Waals surface area (Å²) in [4.78, 5) is 24.3. The third kappa shape index (κ3) is 2.66. The van der Waals surface area contributed by atoms with Gasteiger partial charge in [-0.2, -0.15) is 0 Å². The first kappa shape index (κ1) is 13.3. The van der Waals surface area contributed by atoms with Crippen LogP contribution in [0.4, 0.5) is 0 Å². The quantitative estimate of drug-likeness (QED) is 0.482. The zero-order valence-corrected chi connectivity index (χ0v) is 10.6. The van der Waals surface area contributed by atoms with Gasteiger partial charge < -0.3 is 0 Å². The van der Waals surface area contributed by atoms with Crippen LogP contribution in [-0.2, 0) is 0 Å². The van der Waals surface area contributed by atoms with Gasteiger partial charge in [-0.15, -0.1) is 12.8 Å². The third-order valence-electron chi connectivity index (χ3n) is 2.77. The number of hydrogen-bond acceptors (Lipinski definition) is 2. The van der Waals surface area contributed by atoms with Crippen molar-refractivity contribution in [3.63, 3.8) is 0 Å². The Labute approximate surface area is 117 Å². The van der Waals surface area contributed by atoms with Crippen LogP contribution in [-0.4, -0.2) is 11.6 Å². The van der Waals surface area contributed by atoms with Crippen molar-refractivity contribution in [1.82, 2.24) is 0 Å². The molecule has 0 aromatic heterocycles. The monoisotopic (exact) mass is 258 g/mol. The number of hydrogen-bond donors (Lipinski definition) is 0. The molecule has 0 aliphatic carbocycles. The van der Waals surface area contributed by atoms with Gasteiger partial charge in [-0.25, -0.2) is 0 Å². The van der Waals surface area contributed by atoms with Crippen molar-refractivity contribution in [2.75, 3.05) is 0 Å². The smallest absolute Gasteiger partial charge is 0.233 e. The molecule has 0 saturated carbocycles. The minimum absolute atomic E-state index is 0.210. The number of carbonyl (C=O) groups is 2. The van der Waals surface area contributed by atoms with Gasteiger partial charge in [0.25, 0.3) is 0 Å². The molecule has 20 heavy (non-hydrogen) atoms. The maximum absolute atomic E-state index is 12.2. The van der Waals surface area contributed by atoms with Crippen LogP contribution >= 0.6 is 0 Å². The Balaban J connectivity index is 2.42. The number of terminal acetylenes is 2. The second-order valence-corrected chi connectivity index (χ2v) is 4.11. The summed E-state index contributed by atoms with van der Waals surface area (Å²) in [5.74, 6) is 3.63. The number of rotatable bonds is 3. The summed E-state index contributed by atoms with van der Waals surface area (Å²) in [5, 5.41) is 0. The van der Waals surface area contributed by atoms with E-state index in [0.29, 0.717) is 16.7 Å². The van der Waals surface area contributed by atoms with E-state index in [-0.39, 0.29) is 5.56 Å². The summed E-state index contributed by atoms with van der Waals surface area (Å²) in [7, 11) is 0. The second kappa shape index (κ2) is 5.69. The standard InChI is InChI=1S/C18H10O2/c1-3-13-10-14(4-2)12-16(11-13)18(20)17(19)15-8-6-5-7-9-15/h1-2,5-12H. The van der Waals surface area contributed by atoms with Crippen molar-refractivity contribution >= 4 is 11.6 Å². The fraction of sp³-hybridized carbons (Fsp3) is 0. The molecule has 0 N–H and O–H groups in total. The number of benzene rings is 2. The molecule has 0 amide bonds. The molecule has 2 heteroatoms. The van der Waals surface area contributed by atoms with E-state index in [1.54, 1.807) is 36.4 Å². The summed E-state index contributed by atoms with van der Waals surface area (Å²) < 4.78 is 0. The molecule has 0 unspecified atom stereocenters. The van der Waals surface area contributed by atoms with Gasteiger partial charge in [-0.1, -0.05) is 42.2 Å². The molecule has 2 aromatic carbocycles. The van der Waals surface area contributed by atoms with Crippen LogP contribution in [0.1, 0.15) is 31.8 Å². The van der Waals surface area contributed by atoms with Crippen LogP contribution in [0, 0.1) is 24.7 Å². The van der Waals surface area contributed by atoms with Gasteiger partial charge in [0.2, 0.25) is 11.6 Å². The van der Waals surface area contributed by atoms with E-state index in [1.807, 2.05) is 0 Å². The average Bonchev–Trinajstić information content (AvgIpc) is 2.53. The number of ketones is 2. The topological polar surface area (TPSA) is 34.1 Å². The second-order valence-electron chi connectivity index (χ2n) is 4.11. The van der Waals surface area contributed by atoms with Crippen LogP contribution in [0.3, 0.4) is 0 Å².